The van der Waals surface area contributed by atoms with Gasteiger partial charge in [0.25, 0.3) is 0 Å². The van der Waals surface area contributed by atoms with E-state index in [0.29, 0.717) is 13.0 Å². The van der Waals surface area contributed by atoms with E-state index in [1.165, 1.54) is 12.1 Å². The Kier molecular flexibility index (Phi) is 4.83. The molecular weight excluding hydrogens is 212 g/mol. The normalized spacial score (nSPS) is 14.8. The highest BCUT2D eigenvalue weighted by Crippen LogP contribution is 2.18. The molecule has 1 aromatic rings. The van der Waals surface area contributed by atoms with Gasteiger partial charge < -0.3 is 10.4 Å². The lowest BCUT2D eigenvalue weighted by Crippen LogP contribution is -2.29. The van der Waals surface area contributed by atoms with Gasteiger partial charge in [-0.25, -0.2) is 8.78 Å². The second-order valence-electron chi connectivity index (χ2n) is 3.84. The van der Waals surface area contributed by atoms with E-state index in [9.17, 15) is 13.9 Å². The van der Waals surface area contributed by atoms with Crippen LogP contribution in [-0.4, -0.2) is 17.8 Å². The first kappa shape index (κ1) is 13.1. The molecule has 0 amide bonds. The summed E-state index contributed by atoms with van der Waals surface area (Å²) in [7, 11) is 0. The van der Waals surface area contributed by atoms with Crippen LogP contribution >= 0.6 is 0 Å². The number of benzene rings is 1. The van der Waals surface area contributed by atoms with Gasteiger partial charge in [0.05, 0.1) is 6.10 Å². The molecule has 90 valence electrons. The van der Waals surface area contributed by atoms with Crippen LogP contribution < -0.4 is 5.32 Å². The van der Waals surface area contributed by atoms with Crippen molar-refractivity contribution in [1.82, 2.24) is 5.32 Å². The fraction of sp³-hybridized carbons (Fsp3) is 0.500. The van der Waals surface area contributed by atoms with E-state index in [-0.39, 0.29) is 11.6 Å². The van der Waals surface area contributed by atoms with Crippen molar-refractivity contribution in [2.45, 2.75) is 32.4 Å². The zero-order valence-corrected chi connectivity index (χ0v) is 9.50. The van der Waals surface area contributed by atoms with E-state index in [4.69, 9.17) is 0 Å². The molecule has 16 heavy (non-hydrogen) atoms. The first-order valence-electron chi connectivity index (χ1n) is 5.41. The van der Waals surface area contributed by atoms with Crippen LogP contribution in [-0.2, 0) is 0 Å². The van der Waals surface area contributed by atoms with Crippen LogP contribution in [0, 0.1) is 11.6 Å². The molecule has 0 aliphatic heterocycles. The molecule has 0 aromatic heterocycles. The summed E-state index contributed by atoms with van der Waals surface area (Å²) >= 11 is 0. The number of aliphatic hydroxyl groups is 1. The molecule has 1 aromatic carbocycles. The number of aliphatic hydroxyl groups excluding tert-OH is 1. The summed E-state index contributed by atoms with van der Waals surface area (Å²) in [4.78, 5) is 0. The Bertz CT molecular complexity index is 344. The third kappa shape index (κ3) is 3.25. The third-order valence-corrected chi connectivity index (χ3v) is 2.58. The van der Waals surface area contributed by atoms with E-state index in [2.05, 4.69) is 5.32 Å². The van der Waals surface area contributed by atoms with Gasteiger partial charge in [-0.05, 0) is 19.4 Å². The number of nitrogens with one attached hydrogen (secondary N) is 1. The van der Waals surface area contributed by atoms with Crippen LogP contribution in [0.2, 0.25) is 0 Å². The van der Waals surface area contributed by atoms with Gasteiger partial charge >= 0.3 is 0 Å². The van der Waals surface area contributed by atoms with Crippen molar-refractivity contribution in [3.05, 3.63) is 35.4 Å². The number of hydrogen-bond acceptors (Lipinski definition) is 2. The molecule has 0 spiro atoms. The predicted octanol–water partition coefficient (Wildman–Crippen LogP) is 2.39. The Morgan fingerprint density at radius 2 is 2.06 bits per heavy atom. The summed E-state index contributed by atoms with van der Waals surface area (Å²) in [6.45, 7) is 3.97. The van der Waals surface area contributed by atoms with Crippen molar-refractivity contribution in [3.8, 4) is 0 Å². The quantitative estimate of drug-likeness (QED) is 0.812. The van der Waals surface area contributed by atoms with Gasteiger partial charge in [-0.1, -0.05) is 19.1 Å². The summed E-state index contributed by atoms with van der Waals surface area (Å²) in [6.07, 6.45) is 0.171. The highest BCUT2D eigenvalue weighted by atomic mass is 19.2. The van der Waals surface area contributed by atoms with Gasteiger partial charge in [-0.3, -0.25) is 0 Å². The summed E-state index contributed by atoms with van der Waals surface area (Å²) in [5.74, 6) is -1.67. The van der Waals surface area contributed by atoms with Gasteiger partial charge in [0.1, 0.15) is 0 Å². The van der Waals surface area contributed by atoms with Crippen molar-refractivity contribution in [3.63, 3.8) is 0 Å². The second-order valence-corrected chi connectivity index (χ2v) is 3.84. The van der Waals surface area contributed by atoms with E-state index in [1.54, 1.807) is 6.92 Å². The highest BCUT2D eigenvalue weighted by molar-refractivity contribution is 5.21. The molecule has 0 unspecified atom stereocenters. The van der Waals surface area contributed by atoms with Crippen LogP contribution in [0.4, 0.5) is 8.78 Å². The molecule has 0 heterocycles. The number of halogens is 2. The Hall–Kier alpha value is -1.00. The summed E-state index contributed by atoms with van der Waals surface area (Å²) in [6, 6.07) is 3.78. The molecule has 1 rings (SSSR count). The third-order valence-electron chi connectivity index (χ3n) is 2.58. The number of rotatable bonds is 5. The van der Waals surface area contributed by atoms with E-state index in [0.717, 1.165) is 6.07 Å². The minimum Gasteiger partial charge on any atom is -0.392 e. The van der Waals surface area contributed by atoms with Crippen molar-refractivity contribution in [2.75, 3.05) is 6.54 Å². The molecule has 2 nitrogen and oxygen atoms in total. The predicted molar refractivity (Wildman–Crippen MR) is 59.1 cm³/mol. The van der Waals surface area contributed by atoms with E-state index >= 15 is 0 Å². The average molecular weight is 229 g/mol. The molecule has 0 bridgehead atoms. The van der Waals surface area contributed by atoms with Crippen molar-refractivity contribution in [2.24, 2.45) is 0 Å². The maximum atomic E-state index is 13.4. The van der Waals surface area contributed by atoms with Gasteiger partial charge in [-0.2, -0.15) is 0 Å². The van der Waals surface area contributed by atoms with Gasteiger partial charge in [-0.15, -0.1) is 0 Å². The molecule has 2 N–H and O–H groups in total. The van der Waals surface area contributed by atoms with Crippen LogP contribution in [0.5, 0.6) is 0 Å². The molecule has 2 atom stereocenters. The van der Waals surface area contributed by atoms with Crippen LogP contribution in [0.3, 0.4) is 0 Å². The fourth-order valence-electron chi connectivity index (χ4n) is 1.42. The Labute approximate surface area is 94.3 Å². The molecule has 0 aliphatic carbocycles. The van der Waals surface area contributed by atoms with Gasteiger partial charge in [0, 0.05) is 18.2 Å². The Morgan fingerprint density at radius 3 is 2.69 bits per heavy atom. The van der Waals surface area contributed by atoms with Gasteiger partial charge in [0.15, 0.2) is 11.6 Å². The lowest BCUT2D eigenvalue weighted by Gasteiger charge is -2.17. The summed E-state index contributed by atoms with van der Waals surface area (Å²) in [5, 5.41) is 12.3. The second kappa shape index (κ2) is 5.92. The molecule has 0 saturated heterocycles. The largest absolute Gasteiger partial charge is 0.392 e. The maximum absolute atomic E-state index is 13.4. The SMILES string of the molecule is CC[C@@H](O)CN[C@H](C)c1cccc(F)c1F. The zero-order chi connectivity index (χ0) is 12.1. The Morgan fingerprint density at radius 1 is 1.38 bits per heavy atom. The minimum absolute atomic E-state index is 0.281. The lowest BCUT2D eigenvalue weighted by atomic mass is 10.1. The molecule has 0 radical (unpaired) electrons. The van der Waals surface area contributed by atoms with E-state index in [1.807, 2.05) is 6.92 Å². The smallest absolute Gasteiger partial charge is 0.163 e. The molecule has 0 aliphatic rings. The van der Waals surface area contributed by atoms with Crippen LogP contribution in [0.25, 0.3) is 0 Å². The molecular formula is C12H17F2NO. The molecule has 4 heteroatoms. The Balaban J connectivity index is 2.66. The first-order valence-corrected chi connectivity index (χ1v) is 5.41. The summed E-state index contributed by atoms with van der Waals surface area (Å²) in [5.41, 5.74) is 0.281. The van der Waals surface area contributed by atoms with Crippen molar-refractivity contribution in [1.29, 1.82) is 0 Å². The highest BCUT2D eigenvalue weighted by Gasteiger charge is 2.14. The molecule has 0 fully saturated rings. The minimum atomic E-state index is -0.845. The topological polar surface area (TPSA) is 32.3 Å². The average Bonchev–Trinajstić information content (AvgIpc) is 2.29. The lowest BCUT2D eigenvalue weighted by molar-refractivity contribution is 0.163. The fourth-order valence-corrected chi connectivity index (χ4v) is 1.42. The van der Waals surface area contributed by atoms with Crippen molar-refractivity contribution < 1.29 is 13.9 Å². The first-order chi connectivity index (χ1) is 7.56. The zero-order valence-electron chi connectivity index (χ0n) is 9.50. The standard InChI is InChI=1S/C12H17F2NO/c1-3-9(16)7-15-8(2)10-5-4-6-11(13)12(10)14/h4-6,8-9,15-16H,3,7H2,1-2H3/t8-,9-/m1/s1. The van der Waals surface area contributed by atoms with Crippen LogP contribution in [0.15, 0.2) is 18.2 Å². The monoisotopic (exact) mass is 229 g/mol. The van der Waals surface area contributed by atoms with Crippen molar-refractivity contribution >= 4 is 0 Å². The van der Waals surface area contributed by atoms with Gasteiger partial charge in [0.2, 0.25) is 0 Å². The van der Waals surface area contributed by atoms with Crippen LogP contribution in [0.1, 0.15) is 31.9 Å². The molecule has 0 saturated carbocycles. The number of hydrogen-bond donors (Lipinski definition) is 2. The van der Waals surface area contributed by atoms with E-state index < -0.39 is 17.7 Å². The maximum Gasteiger partial charge on any atom is 0.163 e. The summed E-state index contributed by atoms with van der Waals surface area (Å²) < 4.78 is 26.3.